The number of imidazole rings is 1. The molecule has 1 aliphatic heterocycles. The topological polar surface area (TPSA) is 91.9 Å². The van der Waals surface area contributed by atoms with E-state index in [-0.39, 0.29) is 16.9 Å². The van der Waals surface area contributed by atoms with E-state index in [2.05, 4.69) is 41.4 Å². The largest absolute Gasteiger partial charge is 0.486 e. The molecule has 0 fully saturated rings. The van der Waals surface area contributed by atoms with Gasteiger partial charge < -0.3 is 20.4 Å². The maximum Gasteiger partial charge on any atom is 0.255 e. The fraction of sp³-hybridized carbons (Fsp3) is 0.480. The molecule has 2 aromatic heterocycles. The van der Waals surface area contributed by atoms with Gasteiger partial charge in [-0.15, -0.1) is 0 Å². The Labute approximate surface area is 210 Å². The quantitative estimate of drug-likeness (QED) is 0.361. The van der Waals surface area contributed by atoms with Crippen molar-refractivity contribution in [3.05, 3.63) is 39.6 Å². The van der Waals surface area contributed by atoms with Crippen LogP contribution in [0.5, 0.6) is 5.75 Å². The van der Waals surface area contributed by atoms with Crippen molar-refractivity contribution < 1.29 is 9.53 Å². The highest BCUT2D eigenvalue weighted by atomic mass is 35.5. The van der Waals surface area contributed by atoms with Gasteiger partial charge in [-0.05, 0) is 45.6 Å². The highest BCUT2D eigenvalue weighted by Gasteiger charge is 2.37. The summed E-state index contributed by atoms with van der Waals surface area (Å²) in [5.74, 6) is 0.872. The summed E-state index contributed by atoms with van der Waals surface area (Å²) in [4.78, 5) is 25.4. The molecule has 3 N–H and O–H groups in total. The molecule has 34 heavy (non-hydrogen) atoms. The summed E-state index contributed by atoms with van der Waals surface area (Å²) in [6.45, 7) is 14.6. The number of aromatic amines is 1. The van der Waals surface area contributed by atoms with E-state index < -0.39 is 5.60 Å². The first-order valence-electron chi connectivity index (χ1n) is 11.3. The number of amides is 1. The second-order valence-electron chi connectivity index (χ2n) is 11.4. The molecule has 9 heteroatoms. The lowest BCUT2D eigenvalue weighted by atomic mass is 9.81. The van der Waals surface area contributed by atoms with Crippen LogP contribution in [0.1, 0.15) is 70.8 Å². The SMILES string of the molecule is CC(C)(C)CC(C)(C)NC(=O)c1cc2[nH]c(Nc3c(Cl)cncc3Cl)nc2c2c1OC(C)(C)C2. The summed E-state index contributed by atoms with van der Waals surface area (Å²) in [6.07, 6.45) is 4.48. The van der Waals surface area contributed by atoms with Crippen LogP contribution in [0, 0.1) is 5.41 Å². The third-order valence-corrected chi connectivity index (χ3v) is 6.14. The van der Waals surface area contributed by atoms with Gasteiger partial charge >= 0.3 is 0 Å². The Balaban J connectivity index is 1.75. The second kappa shape index (κ2) is 8.31. The first kappa shape index (κ1) is 24.6. The minimum atomic E-state index is -0.448. The second-order valence-corrected chi connectivity index (χ2v) is 12.2. The molecule has 0 saturated heterocycles. The summed E-state index contributed by atoms with van der Waals surface area (Å²) in [6, 6.07) is 1.80. The summed E-state index contributed by atoms with van der Waals surface area (Å²) in [5.41, 5.74) is 2.60. The smallest absolute Gasteiger partial charge is 0.255 e. The Hall–Kier alpha value is -2.51. The number of nitrogens with one attached hydrogen (secondary N) is 3. The molecule has 0 saturated carbocycles. The lowest BCUT2D eigenvalue weighted by Gasteiger charge is -2.33. The Bertz CT molecular complexity index is 1250. The molecular formula is C25H31Cl2N5O2. The summed E-state index contributed by atoms with van der Waals surface area (Å²) >= 11 is 12.5. The van der Waals surface area contributed by atoms with E-state index in [1.54, 1.807) is 6.07 Å². The molecule has 7 nitrogen and oxygen atoms in total. The van der Waals surface area contributed by atoms with Crippen LogP contribution in [0.4, 0.5) is 11.6 Å². The first-order chi connectivity index (χ1) is 15.6. The number of pyridine rings is 1. The number of fused-ring (bicyclic) bond motifs is 3. The zero-order valence-electron chi connectivity index (χ0n) is 20.6. The summed E-state index contributed by atoms with van der Waals surface area (Å²) < 4.78 is 6.25. The number of aromatic nitrogens is 3. The van der Waals surface area contributed by atoms with Gasteiger partial charge in [-0.2, -0.15) is 0 Å². The lowest BCUT2D eigenvalue weighted by Crippen LogP contribution is -2.45. The highest BCUT2D eigenvalue weighted by Crippen LogP contribution is 2.43. The zero-order chi connectivity index (χ0) is 25.1. The number of anilines is 2. The van der Waals surface area contributed by atoms with E-state index in [1.807, 2.05) is 27.7 Å². The van der Waals surface area contributed by atoms with Gasteiger partial charge in [0.25, 0.3) is 5.91 Å². The number of benzene rings is 1. The van der Waals surface area contributed by atoms with Gasteiger partial charge in [0.15, 0.2) is 0 Å². The van der Waals surface area contributed by atoms with E-state index >= 15 is 0 Å². The van der Waals surface area contributed by atoms with Crippen LogP contribution in [-0.2, 0) is 6.42 Å². The number of carbonyl (C=O) groups excluding carboxylic acids is 1. The molecule has 4 rings (SSSR count). The minimum Gasteiger partial charge on any atom is -0.486 e. The van der Waals surface area contributed by atoms with E-state index in [0.717, 1.165) is 23.0 Å². The van der Waals surface area contributed by atoms with Gasteiger partial charge in [0.1, 0.15) is 11.4 Å². The first-order valence-corrected chi connectivity index (χ1v) is 12.0. The van der Waals surface area contributed by atoms with Gasteiger partial charge in [0, 0.05) is 29.9 Å². The van der Waals surface area contributed by atoms with Crippen molar-refractivity contribution in [1.29, 1.82) is 0 Å². The van der Waals surface area contributed by atoms with E-state index in [9.17, 15) is 4.79 Å². The van der Waals surface area contributed by atoms with Crippen molar-refractivity contribution in [3.63, 3.8) is 0 Å². The van der Waals surface area contributed by atoms with Crippen LogP contribution in [0.25, 0.3) is 11.0 Å². The van der Waals surface area contributed by atoms with Crippen LogP contribution in [0.3, 0.4) is 0 Å². The molecule has 0 bridgehead atoms. The van der Waals surface area contributed by atoms with Crippen molar-refractivity contribution in [2.45, 2.75) is 72.4 Å². The van der Waals surface area contributed by atoms with Crippen molar-refractivity contribution in [2.75, 3.05) is 5.32 Å². The van der Waals surface area contributed by atoms with Crippen LogP contribution in [0.2, 0.25) is 10.0 Å². The molecule has 0 aliphatic carbocycles. The Morgan fingerprint density at radius 3 is 2.44 bits per heavy atom. The number of rotatable bonds is 5. The lowest BCUT2D eigenvalue weighted by molar-refractivity contribution is 0.0879. The molecule has 182 valence electrons. The van der Waals surface area contributed by atoms with Crippen molar-refractivity contribution in [1.82, 2.24) is 20.3 Å². The minimum absolute atomic E-state index is 0.0701. The fourth-order valence-electron chi connectivity index (χ4n) is 4.84. The molecule has 1 amide bonds. The Morgan fingerprint density at radius 1 is 1.18 bits per heavy atom. The Kier molecular flexibility index (Phi) is 6.01. The zero-order valence-corrected chi connectivity index (χ0v) is 22.1. The number of carbonyl (C=O) groups is 1. The maximum absolute atomic E-state index is 13.5. The number of nitrogens with zero attached hydrogens (tertiary/aromatic N) is 2. The molecule has 0 unspecified atom stereocenters. The predicted molar refractivity (Wildman–Crippen MR) is 138 cm³/mol. The van der Waals surface area contributed by atoms with Gasteiger partial charge in [-0.25, -0.2) is 4.98 Å². The molecular weight excluding hydrogens is 473 g/mol. The number of hydrogen-bond acceptors (Lipinski definition) is 5. The van der Waals surface area contributed by atoms with Gasteiger partial charge in [-0.3, -0.25) is 9.78 Å². The number of ether oxygens (including phenoxy) is 1. The average Bonchev–Trinajstić information content (AvgIpc) is 3.20. The van der Waals surface area contributed by atoms with Gasteiger partial charge in [0.2, 0.25) is 5.95 Å². The highest BCUT2D eigenvalue weighted by molar-refractivity contribution is 6.39. The van der Waals surface area contributed by atoms with Gasteiger partial charge in [0.05, 0.1) is 32.3 Å². The molecule has 0 radical (unpaired) electrons. The molecule has 0 spiro atoms. The molecule has 0 atom stereocenters. The van der Waals surface area contributed by atoms with Crippen LogP contribution in [0.15, 0.2) is 18.5 Å². The van der Waals surface area contributed by atoms with E-state index in [4.69, 9.17) is 32.9 Å². The fourth-order valence-corrected chi connectivity index (χ4v) is 5.30. The molecule has 1 aliphatic rings. The summed E-state index contributed by atoms with van der Waals surface area (Å²) in [7, 11) is 0. The normalized spacial score (nSPS) is 15.2. The van der Waals surface area contributed by atoms with Crippen LogP contribution in [-0.4, -0.2) is 32.0 Å². The average molecular weight is 504 g/mol. The number of H-pyrrole nitrogens is 1. The van der Waals surface area contributed by atoms with Crippen LogP contribution < -0.4 is 15.4 Å². The predicted octanol–water partition coefficient (Wildman–Crippen LogP) is 6.67. The van der Waals surface area contributed by atoms with E-state index in [1.165, 1.54) is 12.4 Å². The number of hydrogen-bond donors (Lipinski definition) is 3. The van der Waals surface area contributed by atoms with Crippen molar-refractivity contribution in [2.24, 2.45) is 5.41 Å². The summed E-state index contributed by atoms with van der Waals surface area (Å²) in [5, 5.41) is 7.10. The Morgan fingerprint density at radius 2 is 1.82 bits per heavy atom. The van der Waals surface area contributed by atoms with Crippen molar-refractivity contribution in [3.8, 4) is 5.75 Å². The third-order valence-electron chi connectivity index (χ3n) is 5.57. The third kappa shape index (κ3) is 5.10. The molecule has 3 heterocycles. The molecule has 3 aromatic rings. The van der Waals surface area contributed by atoms with Crippen LogP contribution >= 0.6 is 23.2 Å². The van der Waals surface area contributed by atoms with Crippen molar-refractivity contribution >= 4 is 51.8 Å². The monoisotopic (exact) mass is 503 g/mol. The van der Waals surface area contributed by atoms with Gasteiger partial charge in [-0.1, -0.05) is 44.0 Å². The maximum atomic E-state index is 13.5. The van der Waals surface area contributed by atoms with E-state index in [0.29, 0.717) is 39.4 Å². The number of halogens is 2. The molecule has 1 aromatic carbocycles. The standard InChI is InChI=1S/C25H31Cl2N5O2/c1-23(2,3)12-24(4,5)32-21(33)13-8-17-18(14-9-25(6,7)34-20(13)14)30-22(29-17)31-19-15(26)10-28-11-16(19)27/h8,10-11H,9,12H2,1-7H3,(H,32,33)(H2,28,29,30,31).